The molecule has 29 heavy (non-hydrogen) atoms. The van der Waals surface area contributed by atoms with E-state index in [4.69, 9.17) is 13.9 Å². The third kappa shape index (κ3) is 4.34. The molecule has 0 bridgehead atoms. The molecular formula is C22H24N4O3. The van der Waals surface area contributed by atoms with E-state index in [1.165, 1.54) is 0 Å². The zero-order valence-corrected chi connectivity index (χ0v) is 16.7. The number of anilines is 1. The molecule has 1 aliphatic heterocycles. The fourth-order valence-corrected chi connectivity index (χ4v) is 3.43. The molecule has 2 aromatic heterocycles. The minimum absolute atomic E-state index is 0.369. The first-order valence-electron chi connectivity index (χ1n) is 9.64. The molecule has 1 aromatic carbocycles. The van der Waals surface area contributed by atoms with Crippen molar-refractivity contribution in [3.05, 3.63) is 48.1 Å². The van der Waals surface area contributed by atoms with Gasteiger partial charge in [0.1, 0.15) is 5.75 Å². The van der Waals surface area contributed by atoms with Gasteiger partial charge in [-0.15, -0.1) is 0 Å². The molecule has 0 amide bonds. The Balaban J connectivity index is 1.60. The SMILES string of the molecule is COCCN1CCN(c2ccc(OC)c3nc(C#Cc4cccnc4)oc23)CC1. The second-order valence-corrected chi connectivity index (χ2v) is 6.80. The van der Waals surface area contributed by atoms with Crippen LogP contribution in [0.3, 0.4) is 0 Å². The summed E-state index contributed by atoms with van der Waals surface area (Å²) >= 11 is 0. The number of methoxy groups -OCH3 is 2. The van der Waals surface area contributed by atoms with Crippen LogP contribution in [0.2, 0.25) is 0 Å². The molecule has 0 radical (unpaired) electrons. The van der Waals surface area contributed by atoms with E-state index < -0.39 is 0 Å². The second kappa shape index (κ2) is 8.95. The summed E-state index contributed by atoms with van der Waals surface area (Å²) in [7, 11) is 3.38. The molecule has 7 nitrogen and oxygen atoms in total. The number of piperazine rings is 1. The third-order valence-corrected chi connectivity index (χ3v) is 5.01. The zero-order chi connectivity index (χ0) is 20.1. The third-order valence-electron chi connectivity index (χ3n) is 5.01. The molecule has 1 aliphatic rings. The predicted molar refractivity (Wildman–Crippen MR) is 111 cm³/mol. The lowest BCUT2D eigenvalue weighted by Gasteiger charge is -2.35. The Labute approximate surface area is 170 Å². The predicted octanol–water partition coefficient (Wildman–Crippen LogP) is 2.40. The molecule has 0 saturated carbocycles. The van der Waals surface area contributed by atoms with Crippen molar-refractivity contribution in [2.45, 2.75) is 0 Å². The van der Waals surface area contributed by atoms with E-state index >= 15 is 0 Å². The van der Waals surface area contributed by atoms with E-state index in [2.05, 4.69) is 31.6 Å². The largest absolute Gasteiger partial charge is 0.494 e. The molecular weight excluding hydrogens is 368 g/mol. The number of ether oxygens (including phenoxy) is 2. The summed E-state index contributed by atoms with van der Waals surface area (Å²) in [4.78, 5) is 13.4. The zero-order valence-electron chi connectivity index (χ0n) is 16.7. The molecule has 0 unspecified atom stereocenters. The fourth-order valence-electron chi connectivity index (χ4n) is 3.43. The molecule has 0 aliphatic carbocycles. The molecule has 0 atom stereocenters. The maximum Gasteiger partial charge on any atom is 0.274 e. The molecule has 1 saturated heterocycles. The second-order valence-electron chi connectivity index (χ2n) is 6.80. The van der Waals surface area contributed by atoms with Crippen molar-refractivity contribution in [2.24, 2.45) is 0 Å². The highest BCUT2D eigenvalue weighted by molar-refractivity contribution is 5.91. The normalized spacial score (nSPS) is 14.6. The van der Waals surface area contributed by atoms with Crippen LogP contribution in [-0.4, -0.2) is 68.4 Å². The van der Waals surface area contributed by atoms with Gasteiger partial charge in [-0.05, 0) is 30.2 Å². The monoisotopic (exact) mass is 392 g/mol. The Kier molecular flexibility index (Phi) is 5.94. The van der Waals surface area contributed by atoms with Gasteiger partial charge in [-0.2, -0.15) is 4.98 Å². The van der Waals surface area contributed by atoms with E-state index in [0.29, 0.717) is 22.7 Å². The minimum atomic E-state index is 0.369. The van der Waals surface area contributed by atoms with Gasteiger partial charge in [0.2, 0.25) is 0 Å². The highest BCUT2D eigenvalue weighted by Crippen LogP contribution is 2.34. The Morgan fingerprint density at radius 3 is 2.69 bits per heavy atom. The van der Waals surface area contributed by atoms with Gasteiger partial charge >= 0.3 is 0 Å². The molecule has 7 heteroatoms. The number of hydrogen-bond acceptors (Lipinski definition) is 7. The van der Waals surface area contributed by atoms with Gasteiger partial charge in [-0.25, -0.2) is 0 Å². The van der Waals surface area contributed by atoms with Crippen LogP contribution < -0.4 is 9.64 Å². The van der Waals surface area contributed by atoms with Crippen LogP contribution in [0.1, 0.15) is 11.5 Å². The highest BCUT2D eigenvalue weighted by atomic mass is 16.5. The molecule has 1 fully saturated rings. The Morgan fingerprint density at radius 1 is 1.10 bits per heavy atom. The van der Waals surface area contributed by atoms with E-state index in [9.17, 15) is 0 Å². The molecule has 4 rings (SSSR count). The molecule has 3 heterocycles. The summed E-state index contributed by atoms with van der Waals surface area (Å²) in [5.41, 5.74) is 3.25. The van der Waals surface area contributed by atoms with Gasteiger partial charge in [-0.1, -0.05) is 5.92 Å². The van der Waals surface area contributed by atoms with Crippen molar-refractivity contribution < 1.29 is 13.9 Å². The summed E-state index contributed by atoms with van der Waals surface area (Å²) < 4.78 is 16.7. The summed E-state index contributed by atoms with van der Waals surface area (Å²) in [6.07, 6.45) is 3.43. The maximum atomic E-state index is 6.05. The summed E-state index contributed by atoms with van der Waals surface area (Å²) in [6.45, 7) is 5.52. The number of pyridine rings is 1. The highest BCUT2D eigenvalue weighted by Gasteiger charge is 2.22. The van der Waals surface area contributed by atoms with Crippen molar-refractivity contribution >= 4 is 16.8 Å². The molecule has 0 N–H and O–H groups in total. The average Bonchev–Trinajstić information content (AvgIpc) is 3.21. The van der Waals surface area contributed by atoms with Gasteiger partial charge in [0.15, 0.2) is 11.1 Å². The lowest BCUT2D eigenvalue weighted by molar-refractivity contribution is 0.144. The minimum Gasteiger partial charge on any atom is -0.494 e. The van der Waals surface area contributed by atoms with Crippen LogP contribution in [0.4, 0.5) is 5.69 Å². The first-order valence-corrected chi connectivity index (χ1v) is 9.64. The number of aromatic nitrogens is 2. The van der Waals surface area contributed by atoms with Crippen LogP contribution in [0.25, 0.3) is 11.1 Å². The molecule has 150 valence electrons. The number of hydrogen-bond donors (Lipinski definition) is 0. The lowest BCUT2D eigenvalue weighted by atomic mass is 10.2. The number of oxazole rings is 1. The number of rotatable bonds is 5. The van der Waals surface area contributed by atoms with Crippen LogP contribution in [-0.2, 0) is 4.74 Å². The van der Waals surface area contributed by atoms with E-state index in [0.717, 1.165) is 50.6 Å². The van der Waals surface area contributed by atoms with Gasteiger partial charge in [0.25, 0.3) is 5.89 Å². The quantitative estimate of drug-likeness (QED) is 0.618. The topological polar surface area (TPSA) is 63.9 Å². The fraction of sp³-hybridized carbons (Fsp3) is 0.364. The Morgan fingerprint density at radius 2 is 1.97 bits per heavy atom. The molecule has 3 aromatic rings. The van der Waals surface area contributed by atoms with Crippen molar-refractivity contribution in [2.75, 3.05) is 58.5 Å². The first-order chi connectivity index (χ1) is 14.3. The standard InChI is InChI=1S/C22H24N4O3/c1-27-15-14-25-10-12-26(13-11-25)18-6-7-19(28-2)21-22(18)29-20(24-21)8-5-17-4-3-9-23-16-17/h3-4,6-7,9,16H,10-15H2,1-2H3. The lowest BCUT2D eigenvalue weighted by Crippen LogP contribution is -2.47. The van der Waals surface area contributed by atoms with E-state index in [1.54, 1.807) is 26.6 Å². The maximum absolute atomic E-state index is 6.05. The van der Waals surface area contributed by atoms with Crippen molar-refractivity contribution in [1.82, 2.24) is 14.9 Å². The summed E-state index contributed by atoms with van der Waals surface area (Å²) in [5.74, 6) is 7.09. The smallest absolute Gasteiger partial charge is 0.274 e. The number of benzene rings is 1. The number of nitrogens with zero attached hydrogens (tertiary/aromatic N) is 4. The first kappa shape index (κ1) is 19.2. The van der Waals surface area contributed by atoms with E-state index in [1.807, 2.05) is 24.3 Å². The van der Waals surface area contributed by atoms with Crippen LogP contribution >= 0.6 is 0 Å². The average molecular weight is 392 g/mol. The van der Waals surface area contributed by atoms with Crippen LogP contribution in [0.15, 0.2) is 41.1 Å². The summed E-state index contributed by atoms with van der Waals surface area (Å²) in [5, 5.41) is 0. The van der Waals surface area contributed by atoms with Crippen molar-refractivity contribution in [3.63, 3.8) is 0 Å². The molecule has 0 spiro atoms. The van der Waals surface area contributed by atoms with Crippen LogP contribution in [0.5, 0.6) is 5.75 Å². The van der Waals surface area contributed by atoms with Crippen molar-refractivity contribution in [1.29, 1.82) is 0 Å². The van der Waals surface area contributed by atoms with Crippen LogP contribution in [0, 0.1) is 11.8 Å². The number of fused-ring (bicyclic) bond motifs is 1. The van der Waals surface area contributed by atoms with Gasteiger partial charge in [-0.3, -0.25) is 9.88 Å². The Bertz CT molecular complexity index is 1010. The summed E-state index contributed by atoms with van der Waals surface area (Å²) in [6, 6.07) is 7.73. The van der Waals surface area contributed by atoms with Gasteiger partial charge < -0.3 is 18.8 Å². The van der Waals surface area contributed by atoms with Gasteiger partial charge in [0.05, 0.1) is 19.4 Å². The Hall–Kier alpha value is -3.08. The van der Waals surface area contributed by atoms with Gasteiger partial charge in [0, 0.05) is 57.8 Å². The van der Waals surface area contributed by atoms with E-state index in [-0.39, 0.29) is 0 Å². The van der Waals surface area contributed by atoms with Crippen molar-refractivity contribution in [3.8, 4) is 17.6 Å².